The smallest absolute Gasteiger partial charge is 0.402 e. The van der Waals surface area contributed by atoms with Crippen molar-refractivity contribution >= 4 is 5.84 Å². The summed E-state index contributed by atoms with van der Waals surface area (Å²) in [5.74, 6) is -2.59. The van der Waals surface area contributed by atoms with E-state index in [2.05, 4.69) is 5.16 Å². The van der Waals surface area contributed by atoms with Gasteiger partial charge in [-0.2, -0.15) is 13.2 Å². The lowest BCUT2D eigenvalue weighted by atomic mass is 10.0. The van der Waals surface area contributed by atoms with Gasteiger partial charge in [0.2, 0.25) is 0 Å². The fourth-order valence-corrected chi connectivity index (χ4v) is 1.68. The number of nitrogens with two attached hydrogens (primary N) is 1. The minimum atomic E-state index is -4.64. The predicted molar refractivity (Wildman–Crippen MR) is 69.0 cm³/mol. The van der Waals surface area contributed by atoms with E-state index in [1.807, 2.05) is 13.8 Å². The summed E-state index contributed by atoms with van der Waals surface area (Å²) in [4.78, 5) is 0. The zero-order chi connectivity index (χ0) is 15.3. The second-order valence-corrected chi connectivity index (χ2v) is 4.62. The van der Waals surface area contributed by atoms with Gasteiger partial charge in [-0.3, -0.25) is 0 Å². The Kier molecular flexibility index (Phi) is 5.24. The van der Waals surface area contributed by atoms with Crippen molar-refractivity contribution in [1.29, 1.82) is 0 Å². The number of amidine groups is 1. The molecule has 0 bridgehead atoms. The molecule has 1 atom stereocenters. The molecule has 1 aromatic carbocycles. The SMILES string of the molecule is CC(C)c1ccccc1OCC(/C(N)=N/O)C(F)(F)F. The van der Waals surface area contributed by atoms with Crippen LogP contribution in [-0.4, -0.2) is 23.8 Å². The number of para-hydroxylation sites is 1. The molecule has 1 rings (SSSR count). The number of alkyl halides is 3. The number of halogens is 3. The number of oxime groups is 1. The first kappa shape index (κ1) is 16.1. The molecule has 112 valence electrons. The van der Waals surface area contributed by atoms with Crippen LogP contribution in [0, 0.1) is 5.92 Å². The van der Waals surface area contributed by atoms with Gasteiger partial charge in [-0.05, 0) is 17.5 Å². The Balaban J connectivity index is 2.89. The molecule has 0 aliphatic heterocycles. The van der Waals surface area contributed by atoms with Crippen LogP contribution in [0.15, 0.2) is 29.4 Å². The Bertz CT molecular complexity index is 473. The van der Waals surface area contributed by atoms with Crippen LogP contribution in [-0.2, 0) is 0 Å². The van der Waals surface area contributed by atoms with Crippen molar-refractivity contribution in [3.63, 3.8) is 0 Å². The average molecular weight is 290 g/mol. The molecule has 0 heterocycles. The van der Waals surface area contributed by atoms with Gasteiger partial charge < -0.3 is 15.7 Å². The van der Waals surface area contributed by atoms with Crippen molar-refractivity contribution < 1.29 is 23.1 Å². The number of hydrogen-bond acceptors (Lipinski definition) is 3. The minimum Gasteiger partial charge on any atom is -0.492 e. The number of rotatable bonds is 5. The van der Waals surface area contributed by atoms with Gasteiger partial charge in [-0.15, -0.1) is 0 Å². The first-order valence-corrected chi connectivity index (χ1v) is 6.03. The summed E-state index contributed by atoms with van der Waals surface area (Å²) < 4.78 is 43.5. The standard InChI is InChI=1S/C13H17F3N2O2/c1-8(2)9-5-3-4-6-11(9)20-7-10(12(17)18-19)13(14,15)16/h3-6,8,10,19H,7H2,1-2H3,(H2,17,18). The van der Waals surface area contributed by atoms with Gasteiger partial charge in [0.25, 0.3) is 0 Å². The highest BCUT2D eigenvalue weighted by Crippen LogP contribution is 2.30. The summed E-state index contributed by atoms with van der Waals surface area (Å²) in [6.45, 7) is 3.09. The van der Waals surface area contributed by atoms with Crippen LogP contribution in [0.5, 0.6) is 5.75 Å². The Labute approximate surface area is 115 Å². The molecule has 0 radical (unpaired) electrons. The van der Waals surface area contributed by atoms with Gasteiger partial charge in [0, 0.05) is 0 Å². The molecule has 1 unspecified atom stereocenters. The summed E-state index contributed by atoms with van der Waals surface area (Å²) in [7, 11) is 0. The fraction of sp³-hybridized carbons (Fsp3) is 0.462. The van der Waals surface area contributed by atoms with E-state index in [0.717, 1.165) is 5.56 Å². The Hall–Kier alpha value is -1.92. The second kappa shape index (κ2) is 6.49. The van der Waals surface area contributed by atoms with Crippen LogP contribution >= 0.6 is 0 Å². The molecule has 0 amide bonds. The first-order valence-electron chi connectivity index (χ1n) is 6.03. The van der Waals surface area contributed by atoms with E-state index < -0.39 is 24.5 Å². The average Bonchev–Trinajstić information content (AvgIpc) is 2.37. The highest BCUT2D eigenvalue weighted by molar-refractivity contribution is 5.83. The van der Waals surface area contributed by atoms with E-state index in [9.17, 15) is 13.2 Å². The van der Waals surface area contributed by atoms with Crippen molar-refractivity contribution in [2.45, 2.75) is 25.9 Å². The van der Waals surface area contributed by atoms with Gasteiger partial charge in [-0.25, -0.2) is 0 Å². The molecule has 3 N–H and O–H groups in total. The Morgan fingerprint density at radius 1 is 1.35 bits per heavy atom. The molecule has 7 heteroatoms. The topological polar surface area (TPSA) is 67.8 Å². The van der Waals surface area contributed by atoms with Gasteiger partial charge >= 0.3 is 6.18 Å². The number of ether oxygens (including phenoxy) is 1. The van der Waals surface area contributed by atoms with E-state index in [0.29, 0.717) is 5.75 Å². The van der Waals surface area contributed by atoms with E-state index in [-0.39, 0.29) is 5.92 Å². The second-order valence-electron chi connectivity index (χ2n) is 4.62. The summed E-state index contributed by atoms with van der Waals surface area (Å²) >= 11 is 0. The van der Waals surface area contributed by atoms with E-state index in [4.69, 9.17) is 15.7 Å². The zero-order valence-electron chi connectivity index (χ0n) is 11.2. The third-order valence-corrected chi connectivity index (χ3v) is 2.81. The van der Waals surface area contributed by atoms with Crippen LogP contribution in [0.3, 0.4) is 0 Å². The maximum atomic E-state index is 12.8. The normalized spacial score (nSPS) is 14.4. The van der Waals surface area contributed by atoms with Crippen molar-refractivity contribution in [2.24, 2.45) is 16.8 Å². The predicted octanol–water partition coefficient (Wildman–Crippen LogP) is 3.11. The summed E-state index contributed by atoms with van der Waals surface area (Å²) in [5, 5.41) is 10.8. The highest BCUT2D eigenvalue weighted by atomic mass is 19.4. The molecule has 0 aromatic heterocycles. The summed E-state index contributed by atoms with van der Waals surface area (Å²) in [6, 6.07) is 6.83. The van der Waals surface area contributed by atoms with Crippen molar-refractivity contribution in [1.82, 2.24) is 0 Å². The van der Waals surface area contributed by atoms with Crippen LogP contribution in [0.2, 0.25) is 0 Å². The van der Waals surface area contributed by atoms with Gasteiger partial charge in [0.15, 0.2) is 5.84 Å². The van der Waals surface area contributed by atoms with Gasteiger partial charge in [-0.1, -0.05) is 37.2 Å². The zero-order valence-corrected chi connectivity index (χ0v) is 11.2. The lowest BCUT2D eigenvalue weighted by molar-refractivity contribution is -0.162. The molecular weight excluding hydrogens is 273 g/mol. The van der Waals surface area contributed by atoms with E-state index >= 15 is 0 Å². The molecule has 0 aliphatic carbocycles. The number of nitrogens with zero attached hydrogens (tertiary/aromatic N) is 1. The molecule has 1 aromatic rings. The summed E-state index contributed by atoms with van der Waals surface area (Å²) in [5.41, 5.74) is 5.86. The maximum absolute atomic E-state index is 12.8. The minimum absolute atomic E-state index is 0.111. The van der Waals surface area contributed by atoms with Gasteiger partial charge in [0.1, 0.15) is 18.3 Å². The molecule has 0 aliphatic rings. The number of benzene rings is 1. The molecule has 0 saturated carbocycles. The van der Waals surface area contributed by atoms with E-state index in [1.54, 1.807) is 24.3 Å². The monoisotopic (exact) mass is 290 g/mol. The van der Waals surface area contributed by atoms with Crippen molar-refractivity contribution in [3.05, 3.63) is 29.8 Å². The Morgan fingerprint density at radius 2 is 1.95 bits per heavy atom. The third kappa shape index (κ3) is 4.04. The van der Waals surface area contributed by atoms with Crippen molar-refractivity contribution in [2.75, 3.05) is 6.61 Å². The largest absolute Gasteiger partial charge is 0.492 e. The summed E-state index contributed by atoms with van der Waals surface area (Å²) in [6.07, 6.45) is -4.64. The van der Waals surface area contributed by atoms with Gasteiger partial charge in [0.05, 0.1) is 0 Å². The fourth-order valence-electron chi connectivity index (χ4n) is 1.68. The van der Waals surface area contributed by atoms with Crippen LogP contribution in [0.25, 0.3) is 0 Å². The molecule has 20 heavy (non-hydrogen) atoms. The lowest BCUT2D eigenvalue weighted by Gasteiger charge is -2.21. The molecule has 0 spiro atoms. The molecule has 0 saturated heterocycles. The third-order valence-electron chi connectivity index (χ3n) is 2.81. The number of hydrogen-bond donors (Lipinski definition) is 2. The Morgan fingerprint density at radius 3 is 2.45 bits per heavy atom. The highest BCUT2D eigenvalue weighted by Gasteiger charge is 2.43. The van der Waals surface area contributed by atoms with Crippen LogP contribution in [0.1, 0.15) is 25.3 Å². The lowest BCUT2D eigenvalue weighted by Crippen LogP contribution is -2.40. The molecule has 0 fully saturated rings. The van der Waals surface area contributed by atoms with Crippen molar-refractivity contribution in [3.8, 4) is 5.75 Å². The van der Waals surface area contributed by atoms with E-state index in [1.165, 1.54) is 0 Å². The maximum Gasteiger partial charge on any atom is 0.402 e. The van der Waals surface area contributed by atoms with Crippen LogP contribution < -0.4 is 10.5 Å². The quantitative estimate of drug-likeness (QED) is 0.379. The molecular formula is C13H17F3N2O2. The first-order chi connectivity index (χ1) is 9.27. The van der Waals surface area contributed by atoms with Crippen LogP contribution in [0.4, 0.5) is 13.2 Å². The molecule has 4 nitrogen and oxygen atoms in total.